The molecule has 0 amide bonds. The zero-order valence-electron chi connectivity index (χ0n) is 10.7. The largest absolute Gasteiger partial charge is 0.308 e. The van der Waals surface area contributed by atoms with Crippen molar-refractivity contribution in [2.24, 2.45) is 0 Å². The molecule has 0 unspecified atom stereocenters. The summed E-state index contributed by atoms with van der Waals surface area (Å²) in [5.41, 5.74) is 3.20. The Kier molecular flexibility index (Phi) is 3.34. The maximum atomic E-state index is 3.61. The number of hydrogen-bond acceptors (Lipinski definition) is 1. The molecule has 1 aromatic carbocycles. The van der Waals surface area contributed by atoms with Gasteiger partial charge in [0.25, 0.3) is 0 Å². The van der Waals surface area contributed by atoms with Crippen LogP contribution >= 0.6 is 0 Å². The summed E-state index contributed by atoms with van der Waals surface area (Å²) < 4.78 is 0. The highest BCUT2D eigenvalue weighted by atomic mass is 14.9. The predicted molar refractivity (Wildman–Crippen MR) is 69.6 cm³/mol. The van der Waals surface area contributed by atoms with E-state index in [-0.39, 0.29) is 5.54 Å². The lowest BCUT2D eigenvalue weighted by molar-refractivity contribution is 0.374. The number of nitrogens with one attached hydrogen (secondary N) is 1. The van der Waals surface area contributed by atoms with Crippen molar-refractivity contribution in [1.29, 1.82) is 0 Å². The Hall–Kier alpha value is -0.820. The van der Waals surface area contributed by atoms with Gasteiger partial charge >= 0.3 is 0 Å². The summed E-state index contributed by atoms with van der Waals surface area (Å²) in [6.45, 7) is 7.74. The van der Waals surface area contributed by atoms with Gasteiger partial charge in [-0.15, -0.1) is 0 Å². The van der Waals surface area contributed by atoms with Gasteiger partial charge in [0.05, 0.1) is 0 Å². The molecule has 1 nitrogen and oxygen atoms in total. The molecule has 1 aliphatic rings. The van der Waals surface area contributed by atoms with Gasteiger partial charge in [0.1, 0.15) is 0 Å². The van der Waals surface area contributed by atoms with Crippen LogP contribution in [0.5, 0.6) is 0 Å². The van der Waals surface area contributed by atoms with Crippen LogP contribution in [0.2, 0.25) is 0 Å². The van der Waals surface area contributed by atoms with Crippen LogP contribution in [0.4, 0.5) is 0 Å². The van der Waals surface area contributed by atoms with Crippen molar-refractivity contribution in [3.8, 4) is 0 Å². The van der Waals surface area contributed by atoms with Crippen molar-refractivity contribution in [3.05, 3.63) is 35.4 Å². The first kappa shape index (κ1) is 11.7. The van der Waals surface area contributed by atoms with E-state index in [1.54, 1.807) is 0 Å². The van der Waals surface area contributed by atoms with E-state index in [1.165, 1.54) is 24.0 Å². The van der Waals surface area contributed by atoms with Crippen LogP contribution in [-0.2, 0) is 6.54 Å². The van der Waals surface area contributed by atoms with E-state index in [4.69, 9.17) is 0 Å². The Morgan fingerprint density at radius 1 is 1.31 bits per heavy atom. The first-order valence-corrected chi connectivity index (χ1v) is 6.44. The zero-order valence-corrected chi connectivity index (χ0v) is 10.7. The van der Waals surface area contributed by atoms with E-state index in [1.807, 2.05) is 0 Å². The molecule has 0 spiro atoms. The average molecular weight is 217 g/mol. The van der Waals surface area contributed by atoms with Crippen LogP contribution in [0.3, 0.4) is 0 Å². The Labute approximate surface area is 99.3 Å². The molecule has 1 saturated carbocycles. The molecule has 0 heterocycles. The minimum atomic E-state index is 0.246. The molecule has 0 aromatic heterocycles. The fraction of sp³-hybridized carbons (Fsp3) is 0.600. The van der Waals surface area contributed by atoms with Gasteiger partial charge in [-0.25, -0.2) is 0 Å². The highest BCUT2D eigenvalue weighted by Gasteiger charge is 2.23. The van der Waals surface area contributed by atoms with Crippen molar-refractivity contribution in [3.63, 3.8) is 0 Å². The maximum absolute atomic E-state index is 3.61. The van der Waals surface area contributed by atoms with E-state index in [0.717, 1.165) is 18.9 Å². The molecule has 0 bridgehead atoms. The topological polar surface area (TPSA) is 12.0 Å². The van der Waals surface area contributed by atoms with Crippen molar-refractivity contribution in [2.45, 2.75) is 58.0 Å². The molecule has 1 aromatic rings. The summed E-state index contributed by atoms with van der Waals surface area (Å²) in [6.07, 6.45) is 3.93. The van der Waals surface area contributed by atoms with Crippen LogP contribution in [0.25, 0.3) is 0 Å². The normalized spacial score (nSPS) is 16.4. The van der Waals surface area contributed by atoms with Gasteiger partial charge in [0, 0.05) is 12.1 Å². The monoisotopic (exact) mass is 217 g/mol. The average Bonchev–Trinajstić information content (AvgIpc) is 3.11. The summed E-state index contributed by atoms with van der Waals surface area (Å²) in [6, 6.07) is 9.07. The molecule has 1 fully saturated rings. The molecule has 0 aliphatic heterocycles. The third-order valence-corrected chi connectivity index (χ3v) is 3.65. The maximum Gasteiger partial charge on any atom is 0.0210 e. The van der Waals surface area contributed by atoms with E-state index in [0.29, 0.717) is 0 Å². The fourth-order valence-corrected chi connectivity index (χ4v) is 1.84. The number of rotatable bonds is 5. The molecule has 1 aliphatic carbocycles. The summed E-state index contributed by atoms with van der Waals surface area (Å²) >= 11 is 0. The van der Waals surface area contributed by atoms with Crippen LogP contribution in [-0.4, -0.2) is 5.54 Å². The Morgan fingerprint density at radius 2 is 2.06 bits per heavy atom. The van der Waals surface area contributed by atoms with E-state index >= 15 is 0 Å². The Bertz CT molecular complexity index is 350. The molecular formula is C15H23N. The molecule has 1 heteroatoms. The third kappa shape index (κ3) is 3.08. The second kappa shape index (κ2) is 4.58. The quantitative estimate of drug-likeness (QED) is 0.790. The van der Waals surface area contributed by atoms with Crippen LogP contribution < -0.4 is 5.32 Å². The minimum absolute atomic E-state index is 0.246. The van der Waals surface area contributed by atoms with Crippen LogP contribution in [0, 0.1) is 0 Å². The van der Waals surface area contributed by atoms with E-state index in [2.05, 4.69) is 50.4 Å². The van der Waals surface area contributed by atoms with Gasteiger partial charge in [0.15, 0.2) is 0 Å². The van der Waals surface area contributed by atoms with E-state index in [9.17, 15) is 0 Å². The summed E-state index contributed by atoms with van der Waals surface area (Å²) in [4.78, 5) is 0. The molecule has 0 radical (unpaired) electrons. The molecule has 0 atom stereocenters. The molecular weight excluding hydrogens is 194 g/mol. The third-order valence-electron chi connectivity index (χ3n) is 3.65. The molecule has 1 N–H and O–H groups in total. The van der Waals surface area contributed by atoms with Gasteiger partial charge in [-0.1, -0.05) is 31.2 Å². The fourth-order valence-electron chi connectivity index (χ4n) is 1.84. The summed E-state index contributed by atoms with van der Waals surface area (Å²) in [5, 5.41) is 3.61. The predicted octanol–water partition coefficient (Wildman–Crippen LogP) is 3.84. The molecule has 16 heavy (non-hydrogen) atoms. The standard InChI is InChI=1S/C15H23N/c1-4-15(2,3)16-11-12-6-5-7-14(10-12)13-8-9-13/h5-7,10,13,16H,4,8-9,11H2,1-3H3. The first-order chi connectivity index (χ1) is 7.61. The minimum Gasteiger partial charge on any atom is -0.308 e. The molecule has 0 saturated heterocycles. The number of benzene rings is 1. The highest BCUT2D eigenvalue weighted by molar-refractivity contribution is 5.29. The van der Waals surface area contributed by atoms with Crippen molar-refractivity contribution >= 4 is 0 Å². The van der Waals surface area contributed by atoms with Gasteiger partial charge < -0.3 is 5.32 Å². The molecule has 2 rings (SSSR count). The zero-order chi connectivity index (χ0) is 11.6. The second-order valence-corrected chi connectivity index (χ2v) is 5.61. The van der Waals surface area contributed by atoms with Crippen LogP contribution in [0.1, 0.15) is 57.1 Å². The van der Waals surface area contributed by atoms with Crippen molar-refractivity contribution in [2.75, 3.05) is 0 Å². The lowest BCUT2D eigenvalue weighted by atomic mass is 10.0. The number of hydrogen-bond donors (Lipinski definition) is 1. The second-order valence-electron chi connectivity index (χ2n) is 5.61. The van der Waals surface area contributed by atoms with Crippen molar-refractivity contribution in [1.82, 2.24) is 5.32 Å². The Morgan fingerprint density at radius 3 is 2.69 bits per heavy atom. The van der Waals surface area contributed by atoms with E-state index < -0.39 is 0 Å². The Balaban J connectivity index is 1.96. The lowest BCUT2D eigenvalue weighted by Crippen LogP contribution is -2.37. The van der Waals surface area contributed by atoms with Gasteiger partial charge in [-0.05, 0) is 50.2 Å². The van der Waals surface area contributed by atoms with Gasteiger partial charge in [0.2, 0.25) is 0 Å². The summed E-state index contributed by atoms with van der Waals surface area (Å²) in [5.74, 6) is 0.860. The highest BCUT2D eigenvalue weighted by Crippen LogP contribution is 2.40. The summed E-state index contributed by atoms with van der Waals surface area (Å²) in [7, 11) is 0. The van der Waals surface area contributed by atoms with Crippen molar-refractivity contribution < 1.29 is 0 Å². The molecule has 88 valence electrons. The van der Waals surface area contributed by atoms with Gasteiger partial charge in [-0.2, -0.15) is 0 Å². The SMILES string of the molecule is CCC(C)(C)NCc1cccc(C2CC2)c1. The first-order valence-electron chi connectivity index (χ1n) is 6.44. The van der Waals surface area contributed by atoms with Crippen LogP contribution in [0.15, 0.2) is 24.3 Å². The smallest absolute Gasteiger partial charge is 0.0210 e. The lowest BCUT2D eigenvalue weighted by Gasteiger charge is -2.24. The van der Waals surface area contributed by atoms with Gasteiger partial charge in [-0.3, -0.25) is 0 Å².